The van der Waals surface area contributed by atoms with Crippen molar-refractivity contribution in [1.82, 2.24) is 0 Å². The maximum absolute atomic E-state index is 10.5. The smallest absolute Gasteiger partial charge is 0.120 e. The molecule has 0 aliphatic heterocycles. The Kier molecular flexibility index (Phi) is 1.49. The highest BCUT2D eigenvalue weighted by Gasteiger charge is 2.48. The molecule has 1 heteroatoms. The zero-order valence-electron chi connectivity index (χ0n) is 7.60. The van der Waals surface area contributed by atoms with Crippen molar-refractivity contribution in [3.8, 4) is 0 Å². The lowest BCUT2D eigenvalue weighted by molar-refractivity contribution is -0.108. The number of allylic oxidation sites excluding steroid dienone is 4. The van der Waals surface area contributed by atoms with Crippen LogP contribution in [0.5, 0.6) is 0 Å². The maximum Gasteiger partial charge on any atom is 0.120 e. The van der Waals surface area contributed by atoms with Gasteiger partial charge in [0.25, 0.3) is 0 Å². The summed E-state index contributed by atoms with van der Waals surface area (Å²) in [5.74, 6) is 3.64. The van der Waals surface area contributed by atoms with Crippen molar-refractivity contribution in [2.45, 2.75) is 12.8 Å². The molecule has 3 rings (SSSR count). The summed E-state index contributed by atoms with van der Waals surface area (Å²) in [5.41, 5.74) is 0. The number of carbonyl (C=O) groups excluding carboxylic acids is 1. The van der Waals surface area contributed by atoms with Crippen molar-refractivity contribution in [2.24, 2.45) is 29.6 Å². The molecule has 0 radical (unpaired) electrons. The average molecular weight is 174 g/mol. The van der Waals surface area contributed by atoms with Gasteiger partial charge in [-0.2, -0.15) is 0 Å². The van der Waals surface area contributed by atoms with Crippen LogP contribution >= 0.6 is 0 Å². The molecule has 5 unspecified atom stereocenters. The van der Waals surface area contributed by atoms with E-state index in [0.717, 1.165) is 36.4 Å². The molecule has 0 aromatic heterocycles. The standard InChI is InChI=1S/C12H14O/c13-6-5-8-3-4-11-9-1-2-10(7-9)12(8)11/h1-4,6,8-12H,5,7H2. The first kappa shape index (κ1) is 7.54. The van der Waals surface area contributed by atoms with E-state index in [2.05, 4.69) is 24.3 Å². The van der Waals surface area contributed by atoms with Gasteiger partial charge >= 0.3 is 0 Å². The van der Waals surface area contributed by atoms with Gasteiger partial charge in [-0.1, -0.05) is 24.3 Å². The summed E-state index contributed by atoms with van der Waals surface area (Å²) in [4.78, 5) is 10.5. The van der Waals surface area contributed by atoms with Gasteiger partial charge in [-0.05, 0) is 36.0 Å². The van der Waals surface area contributed by atoms with E-state index < -0.39 is 0 Å². The zero-order valence-corrected chi connectivity index (χ0v) is 7.60. The maximum atomic E-state index is 10.5. The van der Waals surface area contributed by atoms with Crippen molar-refractivity contribution in [1.29, 1.82) is 0 Å². The lowest BCUT2D eigenvalue weighted by Crippen LogP contribution is -2.20. The monoisotopic (exact) mass is 174 g/mol. The Morgan fingerprint density at radius 3 is 2.85 bits per heavy atom. The highest BCUT2D eigenvalue weighted by molar-refractivity contribution is 5.51. The number of rotatable bonds is 2. The van der Waals surface area contributed by atoms with Crippen LogP contribution in [-0.4, -0.2) is 6.29 Å². The average Bonchev–Trinajstić information content (AvgIpc) is 2.74. The van der Waals surface area contributed by atoms with Gasteiger partial charge in [0.1, 0.15) is 6.29 Å². The molecule has 0 aromatic carbocycles. The van der Waals surface area contributed by atoms with Crippen LogP contribution in [0.4, 0.5) is 0 Å². The highest BCUT2D eigenvalue weighted by atomic mass is 16.1. The molecule has 0 spiro atoms. The molecule has 1 nitrogen and oxygen atoms in total. The number of aldehydes is 1. The van der Waals surface area contributed by atoms with Gasteiger partial charge in [-0.3, -0.25) is 0 Å². The second-order valence-corrected chi connectivity index (χ2v) is 4.55. The van der Waals surface area contributed by atoms with E-state index in [4.69, 9.17) is 0 Å². The summed E-state index contributed by atoms with van der Waals surface area (Å²) in [6, 6.07) is 0. The van der Waals surface area contributed by atoms with Crippen molar-refractivity contribution < 1.29 is 4.79 Å². The molecule has 3 aliphatic carbocycles. The molecule has 0 amide bonds. The molecule has 68 valence electrons. The second kappa shape index (κ2) is 2.57. The van der Waals surface area contributed by atoms with Gasteiger partial charge in [0.2, 0.25) is 0 Å². The van der Waals surface area contributed by atoms with Crippen LogP contribution in [0.2, 0.25) is 0 Å². The van der Waals surface area contributed by atoms with Crippen molar-refractivity contribution in [3.05, 3.63) is 24.3 Å². The van der Waals surface area contributed by atoms with E-state index in [1.54, 1.807) is 0 Å². The third-order valence-corrected chi connectivity index (χ3v) is 4.03. The van der Waals surface area contributed by atoms with Gasteiger partial charge in [0.15, 0.2) is 0 Å². The number of hydrogen-bond donors (Lipinski definition) is 0. The predicted octanol–water partition coefficient (Wildman–Crippen LogP) is 2.20. The van der Waals surface area contributed by atoms with Gasteiger partial charge in [0, 0.05) is 6.42 Å². The fraction of sp³-hybridized carbons (Fsp3) is 0.583. The van der Waals surface area contributed by atoms with E-state index in [0.29, 0.717) is 5.92 Å². The number of fused-ring (bicyclic) bond motifs is 5. The SMILES string of the molecule is O=CCC1C=CC2C3C=CC(C3)C12. The Hall–Kier alpha value is -0.850. The Morgan fingerprint density at radius 1 is 1.15 bits per heavy atom. The fourth-order valence-corrected chi connectivity index (χ4v) is 3.52. The zero-order chi connectivity index (χ0) is 8.84. The van der Waals surface area contributed by atoms with Crippen LogP contribution in [0, 0.1) is 29.6 Å². The van der Waals surface area contributed by atoms with Gasteiger partial charge < -0.3 is 4.79 Å². The topological polar surface area (TPSA) is 17.1 Å². The minimum absolute atomic E-state index is 0.544. The minimum Gasteiger partial charge on any atom is -0.303 e. The van der Waals surface area contributed by atoms with Gasteiger partial charge in [-0.15, -0.1) is 0 Å². The first-order valence-electron chi connectivity index (χ1n) is 5.20. The third kappa shape index (κ3) is 0.903. The van der Waals surface area contributed by atoms with Gasteiger partial charge in [-0.25, -0.2) is 0 Å². The fourth-order valence-electron chi connectivity index (χ4n) is 3.52. The summed E-state index contributed by atoms with van der Waals surface area (Å²) < 4.78 is 0. The molecule has 1 saturated carbocycles. The molecule has 5 atom stereocenters. The summed E-state index contributed by atoms with van der Waals surface area (Å²) in [6.07, 6.45) is 12.5. The summed E-state index contributed by atoms with van der Waals surface area (Å²) in [6.45, 7) is 0. The molecule has 1 fully saturated rings. The van der Waals surface area contributed by atoms with E-state index in [1.807, 2.05) is 0 Å². The molecule has 0 N–H and O–H groups in total. The molecule has 13 heavy (non-hydrogen) atoms. The Labute approximate surface area is 78.5 Å². The van der Waals surface area contributed by atoms with Crippen LogP contribution in [0.3, 0.4) is 0 Å². The minimum atomic E-state index is 0.544. The third-order valence-electron chi connectivity index (χ3n) is 4.03. The molecular weight excluding hydrogens is 160 g/mol. The van der Waals surface area contributed by atoms with Crippen molar-refractivity contribution in [2.75, 3.05) is 0 Å². The largest absolute Gasteiger partial charge is 0.303 e. The summed E-state index contributed by atoms with van der Waals surface area (Å²) in [5, 5.41) is 0. The molecule has 2 bridgehead atoms. The van der Waals surface area contributed by atoms with Crippen LogP contribution in [0.25, 0.3) is 0 Å². The Bertz CT molecular complexity index is 289. The van der Waals surface area contributed by atoms with Crippen LogP contribution in [-0.2, 0) is 4.79 Å². The van der Waals surface area contributed by atoms with E-state index in [-0.39, 0.29) is 0 Å². The Morgan fingerprint density at radius 2 is 2.00 bits per heavy atom. The van der Waals surface area contributed by atoms with Crippen molar-refractivity contribution in [3.63, 3.8) is 0 Å². The van der Waals surface area contributed by atoms with Gasteiger partial charge in [0.05, 0.1) is 0 Å². The van der Waals surface area contributed by atoms with Crippen molar-refractivity contribution >= 4 is 6.29 Å². The number of carbonyl (C=O) groups is 1. The van der Waals surface area contributed by atoms with E-state index in [9.17, 15) is 4.79 Å². The lowest BCUT2D eigenvalue weighted by atomic mass is 9.79. The first-order valence-corrected chi connectivity index (χ1v) is 5.20. The summed E-state index contributed by atoms with van der Waals surface area (Å²) >= 11 is 0. The molecule has 0 aromatic rings. The highest BCUT2D eigenvalue weighted by Crippen LogP contribution is 2.55. The molecule has 0 saturated heterocycles. The van der Waals surface area contributed by atoms with Crippen LogP contribution < -0.4 is 0 Å². The normalized spacial score (nSPS) is 50.0. The van der Waals surface area contributed by atoms with Crippen LogP contribution in [0.1, 0.15) is 12.8 Å². The quantitative estimate of drug-likeness (QED) is 0.463. The van der Waals surface area contributed by atoms with Crippen LogP contribution in [0.15, 0.2) is 24.3 Å². The first-order chi connectivity index (χ1) is 6.40. The molecule has 0 heterocycles. The summed E-state index contributed by atoms with van der Waals surface area (Å²) in [7, 11) is 0. The lowest BCUT2D eigenvalue weighted by Gasteiger charge is -2.24. The van der Waals surface area contributed by atoms with E-state index >= 15 is 0 Å². The molecule has 3 aliphatic rings. The Balaban J connectivity index is 1.87. The number of hydrogen-bond acceptors (Lipinski definition) is 1. The second-order valence-electron chi connectivity index (χ2n) is 4.55. The van der Waals surface area contributed by atoms with E-state index in [1.165, 1.54) is 6.42 Å². The molecular formula is C12H14O. The predicted molar refractivity (Wildman–Crippen MR) is 51.0 cm³/mol.